The molecule has 0 aliphatic heterocycles. The molecule has 0 fully saturated rings. The quantitative estimate of drug-likeness (QED) is 0.555. The number of rotatable bonds is 5. The van der Waals surface area contributed by atoms with E-state index in [1.807, 2.05) is 36.4 Å². The fourth-order valence-electron chi connectivity index (χ4n) is 3.95. The molecule has 146 valence electrons. The van der Waals surface area contributed by atoms with Gasteiger partial charge in [-0.2, -0.15) is 10.2 Å². The Morgan fingerprint density at radius 1 is 1.14 bits per heavy atom. The lowest BCUT2D eigenvalue weighted by atomic mass is 9.93. The number of hydrogen-bond acceptors (Lipinski definition) is 6. The summed E-state index contributed by atoms with van der Waals surface area (Å²) in [6.07, 6.45) is 8.06. The summed E-state index contributed by atoms with van der Waals surface area (Å²) in [6.45, 7) is 1.33. The van der Waals surface area contributed by atoms with E-state index in [0.717, 1.165) is 47.2 Å². The predicted molar refractivity (Wildman–Crippen MR) is 114 cm³/mol. The van der Waals surface area contributed by atoms with E-state index in [1.165, 1.54) is 10.4 Å². The van der Waals surface area contributed by atoms with Gasteiger partial charge in [0.2, 0.25) is 0 Å². The second-order valence-corrected chi connectivity index (χ2v) is 8.50. The molecule has 4 aromatic rings. The fraction of sp³-hybridized carbons (Fsp3) is 0.273. The Hall–Kier alpha value is -2.90. The van der Waals surface area contributed by atoms with E-state index < -0.39 is 0 Å². The Morgan fingerprint density at radius 2 is 2.03 bits per heavy atom. The molecule has 1 atom stereocenters. The van der Waals surface area contributed by atoms with Gasteiger partial charge in [0.1, 0.15) is 4.83 Å². The van der Waals surface area contributed by atoms with Crippen molar-refractivity contribution >= 4 is 21.6 Å². The first-order valence-corrected chi connectivity index (χ1v) is 10.6. The van der Waals surface area contributed by atoms with Crippen LogP contribution in [0.1, 0.15) is 28.0 Å². The standard InChI is InChI=1S/C22H21N5OS/c28-22-20-18-7-6-17(23-11-16-8-9-25-26-12-16)10-19(18)29-21(20)24-14-27(22)13-15-4-2-1-3-5-15/h1-5,8-9,12,14,17,23H,6-7,10-11,13H2. The van der Waals surface area contributed by atoms with Gasteiger partial charge in [-0.05, 0) is 42.0 Å². The molecule has 7 heteroatoms. The minimum Gasteiger partial charge on any atom is -0.309 e. The van der Waals surface area contributed by atoms with Crippen LogP contribution in [0.15, 0.2) is 59.9 Å². The van der Waals surface area contributed by atoms with E-state index in [-0.39, 0.29) is 5.56 Å². The first-order valence-electron chi connectivity index (χ1n) is 9.80. The Balaban J connectivity index is 1.38. The molecule has 6 nitrogen and oxygen atoms in total. The molecule has 1 aliphatic rings. The predicted octanol–water partition coefficient (Wildman–Crippen LogP) is 2.94. The summed E-state index contributed by atoms with van der Waals surface area (Å²) in [5.74, 6) is 0. The number of nitrogens with zero attached hydrogens (tertiary/aromatic N) is 4. The van der Waals surface area contributed by atoms with Gasteiger partial charge < -0.3 is 5.32 Å². The van der Waals surface area contributed by atoms with Crippen LogP contribution in [0.5, 0.6) is 0 Å². The van der Waals surface area contributed by atoms with Crippen molar-refractivity contribution in [2.45, 2.75) is 38.4 Å². The van der Waals surface area contributed by atoms with Gasteiger partial charge in [-0.15, -0.1) is 11.3 Å². The first kappa shape index (κ1) is 18.1. The van der Waals surface area contributed by atoms with Gasteiger partial charge in [0.25, 0.3) is 5.56 Å². The molecular formula is C22H21N5OS. The van der Waals surface area contributed by atoms with Crippen molar-refractivity contribution in [3.05, 3.63) is 87.0 Å². The normalized spacial score (nSPS) is 16.1. The number of aromatic nitrogens is 4. The number of nitrogens with one attached hydrogen (secondary N) is 1. The van der Waals surface area contributed by atoms with Crippen LogP contribution in [0.2, 0.25) is 0 Å². The average Bonchev–Trinajstić information content (AvgIpc) is 3.14. The molecule has 3 aromatic heterocycles. The third-order valence-electron chi connectivity index (χ3n) is 5.47. The lowest BCUT2D eigenvalue weighted by Crippen LogP contribution is -2.33. The highest BCUT2D eigenvalue weighted by Crippen LogP contribution is 2.33. The SMILES string of the molecule is O=c1c2c3c(sc2ncn1Cc1ccccc1)CC(NCc1ccnnc1)CC3. The summed E-state index contributed by atoms with van der Waals surface area (Å²) in [5.41, 5.74) is 3.52. The van der Waals surface area contributed by atoms with Crippen LogP contribution in [0.25, 0.3) is 10.2 Å². The summed E-state index contributed by atoms with van der Waals surface area (Å²) in [7, 11) is 0. The van der Waals surface area contributed by atoms with Gasteiger partial charge in [-0.3, -0.25) is 9.36 Å². The zero-order valence-corrected chi connectivity index (χ0v) is 16.7. The molecule has 0 bridgehead atoms. The van der Waals surface area contributed by atoms with Gasteiger partial charge in [0, 0.05) is 23.7 Å². The molecule has 1 aromatic carbocycles. The second-order valence-electron chi connectivity index (χ2n) is 7.42. The van der Waals surface area contributed by atoms with E-state index >= 15 is 0 Å². The third kappa shape index (κ3) is 3.71. The minimum atomic E-state index is 0.0747. The average molecular weight is 404 g/mol. The van der Waals surface area contributed by atoms with Crippen LogP contribution < -0.4 is 10.9 Å². The van der Waals surface area contributed by atoms with E-state index in [0.29, 0.717) is 12.6 Å². The smallest absolute Gasteiger partial charge is 0.262 e. The molecule has 3 heterocycles. The molecule has 0 saturated heterocycles. The molecule has 0 radical (unpaired) electrons. The molecule has 1 N–H and O–H groups in total. The lowest BCUT2D eigenvalue weighted by Gasteiger charge is -2.23. The van der Waals surface area contributed by atoms with Crippen LogP contribution in [0.4, 0.5) is 0 Å². The minimum absolute atomic E-state index is 0.0747. The maximum atomic E-state index is 13.2. The summed E-state index contributed by atoms with van der Waals surface area (Å²) in [6, 6.07) is 12.4. The van der Waals surface area contributed by atoms with Gasteiger partial charge in [0.05, 0.1) is 24.5 Å². The van der Waals surface area contributed by atoms with Crippen molar-refractivity contribution in [3.8, 4) is 0 Å². The highest BCUT2D eigenvalue weighted by molar-refractivity contribution is 7.18. The highest BCUT2D eigenvalue weighted by Gasteiger charge is 2.25. The van der Waals surface area contributed by atoms with Crippen LogP contribution in [0, 0.1) is 0 Å². The monoisotopic (exact) mass is 403 g/mol. The number of fused-ring (bicyclic) bond motifs is 3. The van der Waals surface area contributed by atoms with Crippen LogP contribution in [-0.4, -0.2) is 25.8 Å². The Kier molecular flexibility index (Phi) is 4.91. The number of thiophene rings is 1. The molecule has 1 aliphatic carbocycles. The molecule has 0 saturated carbocycles. The number of aryl methyl sites for hydroxylation is 1. The zero-order chi connectivity index (χ0) is 19.6. The van der Waals surface area contributed by atoms with Crippen LogP contribution in [-0.2, 0) is 25.9 Å². The van der Waals surface area contributed by atoms with Crippen LogP contribution in [0.3, 0.4) is 0 Å². The van der Waals surface area contributed by atoms with Gasteiger partial charge >= 0.3 is 0 Å². The summed E-state index contributed by atoms with van der Waals surface area (Å²) >= 11 is 1.67. The Bertz CT molecular complexity index is 1190. The molecule has 29 heavy (non-hydrogen) atoms. The Labute approximate surface area is 172 Å². The van der Waals surface area contributed by atoms with E-state index in [2.05, 4.69) is 20.5 Å². The maximum absolute atomic E-state index is 13.2. The van der Waals surface area contributed by atoms with E-state index in [9.17, 15) is 4.79 Å². The second kappa shape index (κ2) is 7.85. The van der Waals surface area contributed by atoms with E-state index in [4.69, 9.17) is 0 Å². The van der Waals surface area contributed by atoms with Crippen molar-refractivity contribution in [1.29, 1.82) is 0 Å². The van der Waals surface area contributed by atoms with Crippen molar-refractivity contribution in [3.63, 3.8) is 0 Å². The number of benzene rings is 1. The first-order chi connectivity index (χ1) is 14.3. The zero-order valence-electron chi connectivity index (χ0n) is 15.9. The van der Waals surface area contributed by atoms with Crippen molar-refractivity contribution in [1.82, 2.24) is 25.1 Å². The van der Waals surface area contributed by atoms with Gasteiger partial charge in [-0.25, -0.2) is 4.98 Å². The molecule has 1 unspecified atom stereocenters. The summed E-state index contributed by atoms with van der Waals surface area (Å²) < 4.78 is 1.73. The molecule has 5 rings (SSSR count). The van der Waals surface area contributed by atoms with E-state index in [1.54, 1.807) is 34.6 Å². The molecule has 0 amide bonds. The van der Waals surface area contributed by atoms with Crippen molar-refractivity contribution in [2.75, 3.05) is 0 Å². The molecular weight excluding hydrogens is 382 g/mol. The maximum Gasteiger partial charge on any atom is 0.262 e. The lowest BCUT2D eigenvalue weighted by molar-refractivity contribution is 0.462. The topological polar surface area (TPSA) is 72.7 Å². The third-order valence-corrected chi connectivity index (χ3v) is 6.63. The fourth-order valence-corrected chi connectivity index (χ4v) is 5.21. The van der Waals surface area contributed by atoms with Crippen LogP contribution >= 0.6 is 11.3 Å². The molecule has 0 spiro atoms. The van der Waals surface area contributed by atoms with Crippen molar-refractivity contribution < 1.29 is 0 Å². The summed E-state index contributed by atoms with van der Waals surface area (Å²) in [5, 5.41) is 12.2. The highest BCUT2D eigenvalue weighted by atomic mass is 32.1. The largest absolute Gasteiger partial charge is 0.309 e. The van der Waals surface area contributed by atoms with Gasteiger partial charge in [-0.1, -0.05) is 30.3 Å². The van der Waals surface area contributed by atoms with Crippen molar-refractivity contribution in [2.24, 2.45) is 0 Å². The number of hydrogen-bond donors (Lipinski definition) is 1. The Morgan fingerprint density at radius 3 is 2.86 bits per heavy atom. The summed E-state index contributed by atoms with van der Waals surface area (Å²) in [4.78, 5) is 19.9. The van der Waals surface area contributed by atoms with Gasteiger partial charge in [0.15, 0.2) is 0 Å².